The highest BCUT2D eigenvalue weighted by molar-refractivity contribution is 7.75. The number of para-hydroxylation sites is 1. The smallest absolute Gasteiger partial charge is 0.311 e. The first-order valence-electron chi connectivity index (χ1n) is 11.0. The van der Waals surface area contributed by atoms with Gasteiger partial charge in [-0.25, -0.2) is 0 Å². The molecule has 0 fully saturated rings. The zero-order valence-electron chi connectivity index (χ0n) is 19.3. The molecule has 0 spiro atoms. The number of benzene rings is 4. The number of ether oxygens (including phenoxy) is 2. The Morgan fingerprint density at radius 1 is 0.800 bits per heavy atom. The van der Waals surface area contributed by atoms with Crippen molar-refractivity contribution in [1.29, 1.82) is 5.26 Å². The molecule has 4 aromatic carbocycles. The van der Waals surface area contributed by atoms with Crippen molar-refractivity contribution < 1.29 is 18.6 Å². The summed E-state index contributed by atoms with van der Waals surface area (Å²) in [4.78, 5) is 0. The van der Waals surface area contributed by atoms with E-state index in [9.17, 15) is 4.57 Å². The summed E-state index contributed by atoms with van der Waals surface area (Å²) in [5.41, 5.74) is 4.08. The highest BCUT2D eigenvalue weighted by Gasteiger charge is 2.40. The van der Waals surface area contributed by atoms with Crippen LogP contribution in [0.15, 0.2) is 84.9 Å². The van der Waals surface area contributed by atoms with Gasteiger partial charge in [0.25, 0.3) is 0 Å². The SMILES string of the molecule is COc1cc(P2(=O)Oc3ccccc3-c3ccccc32)c(OC)cc1/C=C/c1ccc(C#N)cc1. The minimum atomic E-state index is -3.55. The van der Waals surface area contributed by atoms with Crippen molar-refractivity contribution in [1.82, 2.24) is 0 Å². The summed E-state index contributed by atoms with van der Waals surface area (Å²) in [6.07, 6.45) is 3.82. The maximum Gasteiger partial charge on any atom is 0.311 e. The van der Waals surface area contributed by atoms with Crippen LogP contribution in [0.5, 0.6) is 17.2 Å². The van der Waals surface area contributed by atoms with Crippen molar-refractivity contribution >= 4 is 30.1 Å². The van der Waals surface area contributed by atoms with Crippen LogP contribution in [0.25, 0.3) is 23.3 Å². The number of methoxy groups -OCH3 is 2. The van der Waals surface area contributed by atoms with E-state index in [1.165, 1.54) is 0 Å². The Kier molecular flexibility index (Phi) is 5.91. The number of nitriles is 1. The third kappa shape index (κ3) is 3.99. The van der Waals surface area contributed by atoms with Gasteiger partial charge in [0.2, 0.25) is 0 Å². The van der Waals surface area contributed by atoms with Gasteiger partial charge in [-0.15, -0.1) is 0 Å². The predicted molar refractivity (Wildman–Crippen MR) is 139 cm³/mol. The molecule has 0 saturated carbocycles. The molecule has 0 N–H and O–H groups in total. The van der Waals surface area contributed by atoms with Crippen LogP contribution in [0.4, 0.5) is 0 Å². The van der Waals surface area contributed by atoms with E-state index in [0.717, 1.165) is 22.3 Å². The van der Waals surface area contributed by atoms with Gasteiger partial charge in [-0.2, -0.15) is 5.26 Å². The van der Waals surface area contributed by atoms with E-state index in [4.69, 9.17) is 19.3 Å². The Hall–Kier alpha value is -4.26. The van der Waals surface area contributed by atoms with Gasteiger partial charge in [0, 0.05) is 11.1 Å². The van der Waals surface area contributed by atoms with E-state index in [0.29, 0.717) is 33.4 Å². The van der Waals surface area contributed by atoms with Crippen LogP contribution in [-0.2, 0) is 4.57 Å². The summed E-state index contributed by atoms with van der Waals surface area (Å²) >= 11 is 0. The molecule has 1 atom stereocenters. The van der Waals surface area contributed by atoms with E-state index in [-0.39, 0.29) is 0 Å². The van der Waals surface area contributed by atoms with Gasteiger partial charge < -0.3 is 14.0 Å². The number of fused-ring (bicyclic) bond motifs is 3. The average Bonchev–Trinajstić information content (AvgIpc) is 2.91. The van der Waals surface area contributed by atoms with Crippen molar-refractivity contribution in [3.8, 4) is 34.4 Å². The van der Waals surface area contributed by atoms with Gasteiger partial charge in [-0.05, 0) is 47.5 Å². The molecule has 172 valence electrons. The van der Waals surface area contributed by atoms with Gasteiger partial charge >= 0.3 is 7.37 Å². The first-order valence-corrected chi connectivity index (χ1v) is 12.6. The second kappa shape index (κ2) is 9.18. The summed E-state index contributed by atoms with van der Waals surface area (Å²) in [6, 6.07) is 28.1. The van der Waals surface area contributed by atoms with Gasteiger partial charge in [0.1, 0.15) is 17.2 Å². The molecule has 0 aliphatic carbocycles. The largest absolute Gasteiger partial charge is 0.496 e. The van der Waals surface area contributed by atoms with Crippen LogP contribution in [0.1, 0.15) is 16.7 Å². The number of rotatable bonds is 5. The fraction of sp³-hybridized carbons (Fsp3) is 0.0690. The first kappa shape index (κ1) is 22.5. The average molecular weight is 479 g/mol. The van der Waals surface area contributed by atoms with Crippen LogP contribution in [0, 0.1) is 11.3 Å². The Morgan fingerprint density at radius 3 is 2.20 bits per heavy atom. The summed E-state index contributed by atoms with van der Waals surface area (Å²) in [5, 5.41) is 10.1. The van der Waals surface area contributed by atoms with Crippen LogP contribution >= 0.6 is 7.37 Å². The van der Waals surface area contributed by atoms with Gasteiger partial charge in [0.15, 0.2) is 0 Å². The molecule has 0 radical (unpaired) electrons. The van der Waals surface area contributed by atoms with E-state index in [1.807, 2.05) is 72.8 Å². The molecule has 5 rings (SSSR count). The Morgan fingerprint density at radius 2 is 1.49 bits per heavy atom. The lowest BCUT2D eigenvalue weighted by molar-refractivity contribution is 0.403. The minimum absolute atomic E-state index is 0.439. The Labute approximate surface area is 204 Å². The molecule has 35 heavy (non-hydrogen) atoms. The quantitative estimate of drug-likeness (QED) is 0.258. The molecule has 5 nitrogen and oxygen atoms in total. The fourth-order valence-electron chi connectivity index (χ4n) is 4.21. The zero-order valence-corrected chi connectivity index (χ0v) is 20.2. The molecule has 0 aromatic heterocycles. The molecule has 4 aromatic rings. The van der Waals surface area contributed by atoms with Crippen LogP contribution in [0.2, 0.25) is 0 Å². The summed E-state index contributed by atoms with van der Waals surface area (Å²) in [7, 11) is -0.422. The van der Waals surface area contributed by atoms with E-state index < -0.39 is 7.37 Å². The number of hydrogen-bond acceptors (Lipinski definition) is 5. The van der Waals surface area contributed by atoms with Crippen LogP contribution < -0.4 is 24.6 Å². The molecule has 1 heterocycles. The fourth-order valence-corrected chi connectivity index (χ4v) is 6.63. The molecule has 1 aliphatic heterocycles. The van der Waals surface area contributed by atoms with E-state index in [1.54, 1.807) is 38.5 Å². The lowest BCUT2D eigenvalue weighted by atomic mass is 10.0. The summed E-state index contributed by atoms with van der Waals surface area (Å²) in [5.74, 6) is 1.56. The predicted octanol–water partition coefficient (Wildman–Crippen LogP) is 6.03. The Balaban J connectivity index is 1.62. The van der Waals surface area contributed by atoms with E-state index in [2.05, 4.69) is 6.07 Å². The second-order valence-electron chi connectivity index (χ2n) is 7.99. The Bertz CT molecular complexity index is 1530. The number of hydrogen-bond donors (Lipinski definition) is 0. The van der Waals surface area contributed by atoms with Gasteiger partial charge in [-0.3, -0.25) is 4.57 Å². The molecular weight excluding hydrogens is 457 g/mol. The third-order valence-electron chi connectivity index (χ3n) is 5.97. The topological polar surface area (TPSA) is 68.6 Å². The monoisotopic (exact) mass is 479 g/mol. The first-order chi connectivity index (χ1) is 17.1. The van der Waals surface area contributed by atoms with Crippen molar-refractivity contribution in [2.45, 2.75) is 0 Å². The van der Waals surface area contributed by atoms with Crippen molar-refractivity contribution in [3.63, 3.8) is 0 Å². The van der Waals surface area contributed by atoms with Crippen molar-refractivity contribution in [3.05, 3.63) is 102 Å². The second-order valence-corrected chi connectivity index (χ2v) is 10.2. The summed E-state index contributed by atoms with van der Waals surface area (Å²) < 4.78 is 32.2. The van der Waals surface area contributed by atoms with Gasteiger partial charge in [-0.1, -0.05) is 60.7 Å². The molecule has 1 aliphatic rings. The lowest BCUT2D eigenvalue weighted by Crippen LogP contribution is -2.26. The van der Waals surface area contributed by atoms with E-state index >= 15 is 0 Å². The maximum absolute atomic E-state index is 14.6. The number of nitrogens with zero attached hydrogens (tertiary/aromatic N) is 1. The van der Waals surface area contributed by atoms with Gasteiger partial charge in [0.05, 0.1) is 36.5 Å². The minimum Gasteiger partial charge on any atom is -0.496 e. The zero-order chi connectivity index (χ0) is 24.4. The molecule has 0 saturated heterocycles. The third-order valence-corrected chi connectivity index (χ3v) is 8.43. The normalized spacial score (nSPS) is 16.0. The lowest BCUT2D eigenvalue weighted by Gasteiger charge is -2.30. The molecular formula is C29H22NO4P. The maximum atomic E-state index is 14.6. The highest BCUT2D eigenvalue weighted by Crippen LogP contribution is 2.55. The van der Waals surface area contributed by atoms with Crippen LogP contribution in [0.3, 0.4) is 0 Å². The molecule has 0 amide bonds. The highest BCUT2D eigenvalue weighted by atomic mass is 31.2. The molecule has 1 unspecified atom stereocenters. The summed E-state index contributed by atoms with van der Waals surface area (Å²) in [6.45, 7) is 0. The molecule has 0 bridgehead atoms. The van der Waals surface area contributed by atoms with Crippen molar-refractivity contribution in [2.75, 3.05) is 14.2 Å². The molecule has 6 heteroatoms. The standard InChI is InChI=1S/C29H22NO4P/c1-32-26-18-29(27(33-2)17-22(26)16-15-20-11-13-21(19-30)14-12-20)35(31)28-10-6-4-8-24(28)23-7-3-5-9-25(23)34-35/h3-18H,1-2H3/b16-15+. The van der Waals surface area contributed by atoms with Crippen molar-refractivity contribution in [2.24, 2.45) is 0 Å². The van der Waals surface area contributed by atoms with Crippen LogP contribution in [-0.4, -0.2) is 14.2 Å².